The smallest absolute Gasteiger partial charge is 0.257 e. The molecule has 3 heteroatoms. The lowest BCUT2D eigenvalue weighted by atomic mass is 9.89. The maximum Gasteiger partial charge on any atom is 0.257 e. The van der Waals surface area contributed by atoms with Gasteiger partial charge in [0.15, 0.2) is 0 Å². The summed E-state index contributed by atoms with van der Waals surface area (Å²) in [4.78, 5) is 3.88. The van der Waals surface area contributed by atoms with Crippen molar-refractivity contribution in [1.29, 1.82) is 0 Å². The molecule has 1 saturated carbocycles. The fraction of sp³-hybridized carbons (Fsp3) is 0.500. The standard InChI is InChI=1S/C14H17NO2/c1-15-14(6-4-5-7-14)11-8-12(16-2)10-13(9-11)17-3/h8-10H,4-7H2,2-3H3. The number of ether oxygens (including phenoxy) is 2. The molecule has 0 bridgehead atoms. The third kappa shape index (κ3) is 2.08. The molecular weight excluding hydrogens is 214 g/mol. The van der Waals surface area contributed by atoms with Crippen molar-refractivity contribution < 1.29 is 9.47 Å². The molecule has 3 nitrogen and oxygen atoms in total. The zero-order valence-electron chi connectivity index (χ0n) is 10.3. The van der Waals surface area contributed by atoms with Crippen molar-refractivity contribution in [3.8, 4) is 11.5 Å². The van der Waals surface area contributed by atoms with E-state index in [2.05, 4.69) is 4.85 Å². The fourth-order valence-electron chi connectivity index (χ4n) is 2.50. The number of hydrogen-bond donors (Lipinski definition) is 0. The molecule has 1 aliphatic rings. The van der Waals surface area contributed by atoms with E-state index >= 15 is 0 Å². The SMILES string of the molecule is [C-]#[N+]C1(c2cc(OC)cc(OC)c2)CCCC1. The molecule has 0 amide bonds. The Hall–Kier alpha value is -1.69. The molecule has 0 unspecified atom stereocenters. The monoisotopic (exact) mass is 231 g/mol. The largest absolute Gasteiger partial charge is 0.497 e. The number of hydrogen-bond acceptors (Lipinski definition) is 2. The van der Waals surface area contributed by atoms with Crippen molar-refractivity contribution in [2.45, 2.75) is 31.2 Å². The highest BCUT2D eigenvalue weighted by atomic mass is 16.5. The second-order valence-electron chi connectivity index (χ2n) is 4.45. The van der Waals surface area contributed by atoms with Crippen molar-refractivity contribution in [2.75, 3.05) is 14.2 Å². The van der Waals surface area contributed by atoms with Crippen LogP contribution >= 0.6 is 0 Å². The summed E-state index contributed by atoms with van der Waals surface area (Å²) in [6.45, 7) is 7.48. The second-order valence-corrected chi connectivity index (χ2v) is 4.45. The van der Waals surface area contributed by atoms with Crippen molar-refractivity contribution in [3.05, 3.63) is 35.2 Å². The molecule has 1 fully saturated rings. The summed E-state index contributed by atoms with van der Waals surface area (Å²) < 4.78 is 10.5. The minimum absolute atomic E-state index is 0.359. The molecule has 0 aliphatic heterocycles. The Kier molecular flexibility index (Phi) is 3.23. The quantitative estimate of drug-likeness (QED) is 0.744. The van der Waals surface area contributed by atoms with Crippen molar-refractivity contribution >= 4 is 0 Å². The minimum atomic E-state index is -0.359. The van der Waals surface area contributed by atoms with E-state index in [4.69, 9.17) is 16.0 Å². The van der Waals surface area contributed by atoms with Gasteiger partial charge >= 0.3 is 0 Å². The van der Waals surface area contributed by atoms with Gasteiger partial charge in [-0.1, -0.05) is 0 Å². The lowest BCUT2D eigenvalue weighted by Crippen LogP contribution is -2.16. The Labute approximate surface area is 102 Å². The first-order valence-corrected chi connectivity index (χ1v) is 5.86. The molecule has 1 aliphatic carbocycles. The highest BCUT2D eigenvalue weighted by Gasteiger charge is 2.42. The van der Waals surface area contributed by atoms with Gasteiger partial charge < -0.3 is 14.3 Å². The van der Waals surface area contributed by atoms with Gasteiger partial charge in [-0.2, -0.15) is 0 Å². The highest BCUT2D eigenvalue weighted by molar-refractivity contribution is 5.43. The summed E-state index contributed by atoms with van der Waals surface area (Å²) >= 11 is 0. The van der Waals surface area contributed by atoms with Gasteiger partial charge in [0.2, 0.25) is 0 Å². The Morgan fingerprint density at radius 3 is 2.00 bits per heavy atom. The van der Waals surface area contributed by atoms with E-state index in [9.17, 15) is 0 Å². The average molecular weight is 231 g/mol. The maximum absolute atomic E-state index is 7.48. The normalized spacial score (nSPS) is 17.5. The Balaban J connectivity index is 2.47. The molecule has 90 valence electrons. The van der Waals surface area contributed by atoms with E-state index in [1.165, 1.54) is 0 Å². The van der Waals surface area contributed by atoms with Gasteiger partial charge in [-0.05, 0) is 25.0 Å². The third-order valence-corrected chi connectivity index (χ3v) is 3.53. The van der Waals surface area contributed by atoms with Gasteiger partial charge in [0.05, 0.1) is 14.2 Å². The van der Waals surface area contributed by atoms with Gasteiger partial charge in [0.25, 0.3) is 5.54 Å². The molecule has 1 aromatic rings. The predicted molar refractivity (Wildman–Crippen MR) is 66.3 cm³/mol. The second kappa shape index (κ2) is 4.67. The molecule has 2 rings (SSSR count). The fourth-order valence-corrected chi connectivity index (χ4v) is 2.50. The van der Waals surface area contributed by atoms with Crippen LogP contribution in [0, 0.1) is 6.57 Å². The van der Waals surface area contributed by atoms with Gasteiger partial charge in [0.1, 0.15) is 11.5 Å². The first-order chi connectivity index (χ1) is 8.24. The topological polar surface area (TPSA) is 22.8 Å². The van der Waals surface area contributed by atoms with Gasteiger partial charge in [0, 0.05) is 24.5 Å². The van der Waals surface area contributed by atoms with E-state index < -0.39 is 0 Å². The molecule has 1 aromatic carbocycles. The van der Waals surface area contributed by atoms with Crippen LogP contribution < -0.4 is 9.47 Å². The molecule has 0 radical (unpaired) electrons. The Morgan fingerprint density at radius 2 is 1.59 bits per heavy atom. The summed E-state index contributed by atoms with van der Waals surface area (Å²) in [5, 5.41) is 0. The van der Waals surface area contributed by atoms with Crippen molar-refractivity contribution in [2.24, 2.45) is 0 Å². The lowest BCUT2D eigenvalue weighted by Gasteiger charge is -2.17. The number of methoxy groups -OCH3 is 2. The van der Waals surface area contributed by atoms with Gasteiger partial charge in [-0.3, -0.25) is 0 Å². The third-order valence-electron chi connectivity index (χ3n) is 3.53. The van der Waals surface area contributed by atoms with Crippen LogP contribution in [0.1, 0.15) is 31.2 Å². The molecule has 0 aromatic heterocycles. The van der Waals surface area contributed by atoms with Crippen LogP contribution in [-0.4, -0.2) is 14.2 Å². The molecule has 0 heterocycles. The molecule has 0 N–H and O–H groups in total. The summed E-state index contributed by atoms with van der Waals surface area (Å²) in [6, 6.07) is 5.77. The van der Waals surface area contributed by atoms with Crippen LogP contribution in [0.5, 0.6) is 11.5 Å². The minimum Gasteiger partial charge on any atom is -0.497 e. The maximum atomic E-state index is 7.48. The van der Waals surface area contributed by atoms with Crippen molar-refractivity contribution in [1.82, 2.24) is 0 Å². The zero-order chi connectivity index (χ0) is 12.3. The predicted octanol–water partition coefficient (Wildman–Crippen LogP) is 3.39. The van der Waals surface area contributed by atoms with E-state index in [0.717, 1.165) is 42.7 Å². The molecule has 0 saturated heterocycles. The first kappa shape index (κ1) is 11.8. The van der Waals surface area contributed by atoms with Crippen LogP contribution in [-0.2, 0) is 5.54 Å². The van der Waals surface area contributed by atoms with Crippen LogP contribution in [0.15, 0.2) is 18.2 Å². The van der Waals surface area contributed by atoms with E-state index in [1.54, 1.807) is 14.2 Å². The Morgan fingerprint density at radius 1 is 1.06 bits per heavy atom. The van der Waals surface area contributed by atoms with Crippen LogP contribution in [0.25, 0.3) is 4.85 Å². The molecule has 0 atom stereocenters. The molecular formula is C14H17NO2. The first-order valence-electron chi connectivity index (χ1n) is 5.86. The van der Waals surface area contributed by atoms with E-state index in [1.807, 2.05) is 18.2 Å². The Bertz CT molecular complexity index is 420. The summed E-state index contributed by atoms with van der Waals surface area (Å²) in [5.74, 6) is 1.52. The van der Waals surface area contributed by atoms with Crippen LogP contribution in [0.4, 0.5) is 0 Å². The van der Waals surface area contributed by atoms with Gasteiger partial charge in [-0.15, -0.1) is 0 Å². The van der Waals surface area contributed by atoms with Crippen LogP contribution in [0.2, 0.25) is 0 Å². The summed E-state index contributed by atoms with van der Waals surface area (Å²) in [6.07, 6.45) is 4.13. The number of benzene rings is 1. The highest BCUT2D eigenvalue weighted by Crippen LogP contribution is 2.44. The van der Waals surface area contributed by atoms with E-state index in [0.29, 0.717) is 0 Å². The summed E-state index contributed by atoms with van der Waals surface area (Å²) in [5.41, 5.74) is 0.670. The molecule has 17 heavy (non-hydrogen) atoms. The van der Waals surface area contributed by atoms with Crippen molar-refractivity contribution in [3.63, 3.8) is 0 Å². The molecule has 0 spiro atoms. The van der Waals surface area contributed by atoms with E-state index in [-0.39, 0.29) is 5.54 Å². The number of rotatable bonds is 3. The summed E-state index contributed by atoms with van der Waals surface area (Å²) in [7, 11) is 3.27. The number of nitrogens with zero attached hydrogens (tertiary/aromatic N) is 1. The van der Waals surface area contributed by atoms with Crippen LogP contribution in [0.3, 0.4) is 0 Å². The zero-order valence-corrected chi connectivity index (χ0v) is 10.3. The lowest BCUT2D eigenvalue weighted by molar-refractivity contribution is 0.390. The van der Waals surface area contributed by atoms with Gasteiger partial charge in [-0.25, -0.2) is 6.57 Å². The average Bonchev–Trinajstić information content (AvgIpc) is 2.88.